The standard InChI is InChI=1S/C16H24O12.8ClH.2Nb.2Sn/c17-13-14(18)27-11-7-23-3-4-24-8-12-28-16(20)15(19)26-10-6-22-2-1-21-5-9-25-13;;;;;;;;;;;;/h1-12H2;8*1H;;;;/q;;;;;;;;;4*+2/p-8. The number of ether oxygens (including phenoxy) is 8. The molecule has 1 heterocycles. The third kappa shape index (κ3) is 48.0. The molecular weight excluding hydrogens is 1090 g/mol. The monoisotopic (exact) mass is 1110 g/mol. The van der Waals surface area contributed by atoms with E-state index >= 15 is 0 Å². The van der Waals surface area contributed by atoms with Gasteiger partial charge in [0.15, 0.2) is 0 Å². The number of hydrogen-bond acceptors (Lipinski definition) is 12. The molecule has 0 aromatic heterocycles. The SMILES string of the molecule is O=C1OCCOCCOCCOC(=O)C(=O)OCCOCCOCCOC1=O.[Cl][Nb][Cl].[Cl][Nb][Cl].[Cl][Sn][Cl].[Cl][Sn][Cl]. The topological polar surface area (TPSA) is 142 Å². The Morgan fingerprint density at radius 2 is 0.525 bits per heavy atom. The maximum absolute atomic E-state index is 11.4. The molecule has 4 radical (unpaired) electrons. The molecule has 0 aromatic carbocycles. The number of cyclic esters (lactones) is 4. The summed E-state index contributed by atoms with van der Waals surface area (Å²) in [5.41, 5.74) is 0. The minimum atomic E-state index is -1.12. The van der Waals surface area contributed by atoms with E-state index in [1.54, 1.807) is 0 Å². The van der Waals surface area contributed by atoms with Crippen molar-refractivity contribution in [2.24, 2.45) is 0 Å². The molecule has 0 amide bonds. The van der Waals surface area contributed by atoms with Crippen molar-refractivity contribution in [1.29, 1.82) is 0 Å². The number of carbonyl (C=O) groups is 4. The number of rotatable bonds is 0. The van der Waals surface area contributed by atoms with Gasteiger partial charge in [-0.15, -0.1) is 0 Å². The van der Waals surface area contributed by atoms with Crippen LogP contribution in [0.25, 0.3) is 0 Å². The van der Waals surface area contributed by atoms with Crippen molar-refractivity contribution in [2.45, 2.75) is 0 Å². The van der Waals surface area contributed by atoms with Gasteiger partial charge < -0.3 is 37.9 Å². The van der Waals surface area contributed by atoms with Crippen molar-refractivity contribution < 1.29 is 92.3 Å². The molecule has 1 saturated heterocycles. The molecule has 0 aromatic rings. The first kappa shape index (κ1) is 50.0. The van der Waals surface area contributed by atoms with Gasteiger partial charge in [-0.1, -0.05) is 0 Å². The molecule has 234 valence electrons. The molecule has 24 heteroatoms. The Kier molecular flexibility index (Phi) is 58.2. The zero-order chi connectivity index (χ0) is 31.3. The molecule has 40 heavy (non-hydrogen) atoms. The third-order valence-electron chi connectivity index (χ3n) is 2.92. The first-order valence-electron chi connectivity index (χ1n) is 10.0. The minimum absolute atomic E-state index is 0.0618. The molecule has 0 saturated carbocycles. The second-order valence-corrected chi connectivity index (χ2v) is 20.4. The molecule has 0 unspecified atom stereocenters. The third-order valence-corrected chi connectivity index (χ3v) is 2.92. The van der Waals surface area contributed by atoms with Crippen LogP contribution < -0.4 is 0 Å². The van der Waals surface area contributed by atoms with E-state index in [0.717, 1.165) is 0 Å². The van der Waals surface area contributed by atoms with E-state index in [1.807, 2.05) is 0 Å². The van der Waals surface area contributed by atoms with Crippen molar-refractivity contribution in [3.8, 4) is 0 Å². The fourth-order valence-corrected chi connectivity index (χ4v) is 1.65. The predicted molar refractivity (Wildman–Crippen MR) is 145 cm³/mol. The summed E-state index contributed by atoms with van der Waals surface area (Å²) in [4.78, 5) is 45.4. The molecule has 0 atom stereocenters. The van der Waals surface area contributed by atoms with Gasteiger partial charge in [-0.2, -0.15) is 0 Å². The Labute approximate surface area is 301 Å². The van der Waals surface area contributed by atoms with Gasteiger partial charge in [0, 0.05) is 0 Å². The summed E-state index contributed by atoms with van der Waals surface area (Å²) >= 11 is -3.06. The molecule has 1 aliphatic heterocycles. The normalized spacial score (nSPS) is 16.6. The van der Waals surface area contributed by atoms with Crippen molar-refractivity contribution in [3.63, 3.8) is 0 Å². The van der Waals surface area contributed by atoms with Gasteiger partial charge in [0.05, 0.1) is 52.9 Å². The van der Waals surface area contributed by atoms with Crippen LogP contribution in [0.15, 0.2) is 0 Å². The summed E-state index contributed by atoms with van der Waals surface area (Å²) < 4.78 is 39.2. The Balaban J connectivity index is -0.000000459. The van der Waals surface area contributed by atoms with Crippen LogP contribution in [0.5, 0.6) is 0 Å². The summed E-state index contributed by atoms with van der Waals surface area (Å²) in [6.45, 7) is 0.512. The maximum atomic E-state index is 11.4. The first-order chi connectivity index (χ1) is 19.3. The fourth-order valence-electron chi connectivity index (χ4n) is 1.65. The van der Waals surface area contributed by atoms with Crippen molar-refractivity contribution in [3.05, 3.63) is 0 Å². The van der Waals surface area contributed by atoms with E-state index in [0.29, 0.717) is 0 Å². The average molecular weight is 1120 g/mol. The molecule has 1 rings (SSSR count). The predicted octanol–water partition coefficient (Wildman–Crippen LogP) is 2.99. The van der Waals surface area contributed by atoms with E-state index in [4.69, 9.17) is 91.4 Å². The second-order valence-electron chi connectivity index (χ2n) is 5.26. The van der Waals surface area contributed by atoms with Crippen LogP contribution in [0.3, 0.4) is 0 Å². The molecule has 0 aliphatic carbocycles. The summed E-state index contributed by atoms with van der Waals surface area (Å²) in [6, 6.07) is 0. The quantitative estimate of drug-likeness (QED) is 0.153. The van der Waals surface area contributed by atoms with Gasteiger partial charge in [-0.25, -0.2) is 19.2 Å². The Morgan fingerprint density at radius 3 is 0.675 bits per heavy atom. The summed E-state index contributed by atoms with van der Waals surface area (Å²) in [5.74, 6) is -4.47. The summed E-state index contributed by atoms with van der Waals surface area (Å²) in [6.07, 6.45) is 0. The Morgan fingerprint density at radius 1 is 0.400 bits per heavy atom. The van der Waals surface area contributed by atoms with Gasteiger partial charge in [-0.05, 0) is 0 Å². The van der Waals surface area contributed by atoms with Crippen LogP contribution in [0.1, 0.15) is 0 Å². The van der Waals surface area contributed by atoms with Crippen LogP contribution in [0.2, 0.25) is 0 Å². The average Bonchev–Trinajstić information content (AvgIpc) is 2.91. The Bertz CT molecular complexity index is 502. The van der Waals surface area contributed by atoms with Crippen LogP contribution in [0, 0.1) is 0 Å². The van der Waals surface area contributed by atoms with E-state index < -0.39 is 96.8 Å². The van der Waals surface area contributed by atoms with Crippen molar-refractivity contribution in [1.82, 2.24) is 0 Å². The summed E-state index contributed by atoms with van der Waals surface area (Å²) in [5, 5.41) is 0. The van der Waals surface area contributed by atoms with Gasteiger partial charge >= 0.3 is 169 Å². The van der Waals surface area contributed by atoms with Crippen molar-refractivity contribution >= 4 is 134 Å². The fraction of sp³-hybridized carbons (Fsp3) is 0.750. The zero-order valence-corrected chi connectivity index (χ0v) is 36.5. The number of carbonyl (C=O) groups excluding carboxylic acids is 4. The van der Waals surface area contributed by atoms with E-state index in [1.165, 1.54) is 0 Å². The summed E-state index contributed by atoms with van der Waals surface area (Å²) in [7, 11) is 39.4. The van der Waals surface area contributed by atoms with E-state index in [9.17, 15) is 19.2 Å². The van der Waals surface area contributed by atoms with E-state index in [2.05, 4.69) is 18.9 Å². The second kappa shape index (κ2) is 46.5. The Hall–Kier alpha value is 3.12. The number of esters is 4. The molecule has 1 fully saturated rings. The molecular formula is C16H24Cl8Nb2O12Sn2. The first-order valence-corrected chi connectivity index (χ1v) is 35.8. The number of halogens is 8. The van der Waals surface area contributed by atoms with Gasteiger partial charge in [0.25, 0.3) is 0 Å². The molecule has 0 N–H and O–H groups in total. The van der Waals surface area contributed by atoms with Crippen molar-refractivity contribution in [2.75, 3.05) is 79.3 Å². The van der Waals surface area contributed by atoms with Gasteiger partial charge in [0.1, 0.15) is 26.4 Å². The van der Waals surface area contributed by atoms with Crippen LogP contribution >= 0.6 is 72.4 Å². The number of hydrogen-bond donors (Lipinski definition) is 0. The zero-order valence-electron chi connectivity index (χ0n) is 20.3. The van der Waals surface area contributed by atoms with Crippen LogP contribution in [0.4, 0.5) is 0 Å². The molecule has 0 bridgehead atoms. The molecule has 12 nitrogen and oxygen atoms in total. The van der Waals surface area contributed by atoms with Crippen LogP contribution in [-0.2, 0) is 92.3 Å². The van der Waals surface area contributed by atoms with E-state index in [-0.39, 0.29) is 79.3 Å². The van der Waals surface area contributed by atoms with Gasteiger partial charge in [-0.3, -0.25) is 0 Å². The van der Waals surface area contributed by atoms with Gasteiger partial charge in [0.2, 0.25) is 0 Å². The van der Waals surface area contributed by atoms with Crippen LogP contribution in [-0.4, -0.2) is 141 Å². The molecule has 1 aliphatic rings. The molecule has 0 spiro atoms.